The molecule has 0 saturated carbocycles. The van der Waals surface area contributed by atoms with Crippen molar-refractivity contribution in [2.24, 2.45) is 0 Å². The highest BCUT2D eigenvalue weighted by Gasteiger charge is 2.12. The minimum Gasteiger partial charge on any atom is -0.380 e. The Hall–Kier alpha value is -1.71. The first kappa shape index (κ1) is 14.7. The van der Waals surface area contributed by atoms with Gasteiger partial charge in [0.05, 0.1) is 12.3 Å². The third kappa shape index (κ3) is 3.89. The summed E-state index contributed by atoms with van der Waals surface area (Å²) in [5.74, 6) is 0. The highest BCUT2D eigenvalue weighted by molar-refractivity contribution is 5.22. The van der Waals surface area contributed by atoms with E-state index in [4.69, 9.17) is 4.74 Å². The van der Waals surface area contributed by atoms with Crippen molar-refractivity contribution in [3.63, 3.8) is 0 Å². The van der Waals surface area contributed by atoms with E-state index in [1.54, 1.807) is 7.11 Å². The summed E-state index contributed by atoms with van der Waals surface area (Å²) in [4.78, 5) is 6.72. The summed E-state index contributed by atoms with van der Waals surface area (Å²) in [5.41, 5.74) is 3.61. The van der Waals surface area contributed by atoms with Crippen LogP contribution < -0.4 is 0 Å². The van der Waals surface area contributed by atoms with Crippen LogP contribution in [0.5, 0.6) is 0 Å². The van der Waals surface area contributed by atoms with E-state index in [9.17, 15) is 0 Å². The number of hydrogen-bond donors (Lipinski definition) is 0. The van der Waals surface area contributed by atoms with Crippen molar-refractivity contribution < 1.29 is 4.74 Å². The number of methoxy groups -OCH3 is 1. The molecule has 1 heterocycles. The second-order valence-electron chi connectivity index (χ2n) is 5.10. The first-order valence-corrected chi connectivity index (χ1v) is 6.88. The van der Waals surface area contributed by atoms with Crippen LogP contribution in [-0.4, -0.2) is 24.0 Å². The molecule has 106 valence electrons. The molecule has 1 atom stereocenters. The van der Waals surface area contributed by atoms with Crippen LogP contribution in [0.3, 0.4) is 0 Å². The minimum absolute atomic E-state index is 0.301. The van der Waals surface area contributed by atoms with Gasteiger partial charge in [0.1, 0.15) is 0 Å². The Bertz CT molecular complexity index is 510. The Morgan fingerprint density at radius 1 is 1.10 bits per heavy atom. The van der Waals surface area contributed by atoms with Gasteiger partial charge in [0.25, 0.3) is 0 Å². The molecule has 0 aliphatic rings. The Labute approximate surface area is 121 Å². The SMILES string of the molecule is COCc1ccc(CN(C)C(C)c2ccccn2)cc1. The maximum absolute atomic E-state index is 5.13. The van der Waals surface area contributed by atoms with E-state index < -0.39 is 0 Å². The Morgan fingerprint density at radius 3 is 2.40 bits per heavy atom. The first-order valence-electron chi connectivity index (χ1n) is 6.88. The van der Waals surface area contributed by atoms with E-state index in [1.807, 2.05) is 18.3 Å². The summed E-state index contributed by atoms with van der Waals surface area (Å²) in [5, 5.41) is 0. The third-order valence-electron chi connectivity index (χ3n) is 3.54. The number of rotatable bonds is 6. The second-order valence-corrected chi connectivity index (χ2v) is 5.10. The van der Waals surface area contributed by atoms with Crippen molar-refractivity contribution >= 4 is 0 Å². The molecule has 0 fully saturated rings. The van der Waals surface area contributed by atoms with E-state index in [0.29, 0.717) is 12.6 Å². The standard InChI is InChI=1S/C17H22N2O/c1-14(17-6-4-5-11-18-17)19(2)12-15-7-9-16(10-8-15)13-20-3/h4-11,14H,12-13H2,1-3H3. The lowest BCUT2D eigenvalue weighted by atomic mass is 10.1. The van der Waals surface area contributed by atoms with Gasteiger partial charge in [-0.2, -0.15) is 0 Å². The van der Waals surface area contributed by atoms with Crippen LogP contribution in [0.4, 0.5) is 0 Å². The summed E-state index contributed by atoms with van der Waals surface area (Å²) in [6.45, 7) is 3.76. The fourth-order valence-corrected chi connectivity index (χ4v) is 2.18. The highest BCUT2D eigenvalue weighted by atomic mass is 16.5. The third-order valence-corrected chi connectivity index (χ3v) is 3.54. The zero-order valence-electron chi connectivity index (χ0n) is 12.4. The predicted octanol–water partition coefficient (Wildman–Crippen LogP) is 3.42. The van der Waals surface area contributed by atoms with Gasteiger partial charge in [-0.25, -0.2) is 0 Å². The van der Waals surface area contributed by atoms with Crippen LogP contribution in [0.15, 0.2) is 48.7 Å². The van der Waals surface area contributed by atoms with Gasteiger partial charge in [0.15, 0.2) is 0 Å². The fourth-order valence-electron chi connectivity index (χ4n) is 2.18. The van der Waals surface area contributed by atoms with Crippen molar-refractivity contribution in [3.8, 4) is 0 Å². The molecule has 2 aromatic rings. The molecule has 0 aliphatic heterocycles. The Balaban J connectivity index is 1.98. The Morgan fingerprint density at radius 2 is 1.80 bits per heavy atom. The van der Waals surface area contributed by atoms with Crippen molar-refractivity contribution in [1.29, 1.82) is 0 Å². The van der Waals surface area contributed by atoms with Gasteiger partial charge >= 0.3 is 0 Å². The zero-order valence-corrected chi connectivity index (χ0v) is 12.4. The molecular weight excluding hydrogens is 248 g/mol. The molecule has 3 nitrogen and oxygen atoms in total. The lowest BCUT2D eigenvalue weighted by Gasteiger charge is -2.24. The monoisotopic (exact) mass is 270 g/mol. The van der Waals surface area contributed by atoms with Gasteiger partial charge in [0, 0.05) is 25.9 Å². The summed E-state index contributed by atoms with van der Waals surface area (Å²) in [6.07, 6.45) is 1.85. The van der Waals surface area contributed by atoms with Crippen LogP contribution in [-0.2, 0) is 17.9 Å². The van der Waals surface area contributed by atoms with Gasteiger partial charge < -0.3 is 4.74 Å². The number of nitrogens with zero attached hydrogens (tertiary/aromatic N) is 2. The number of hydrogen-bond acceptors (Lipinski definition) is 3. The summed E-state index contributed by atoms with van der Waals surface area (Å²) in [6, 6.07) is 14.9. The molecule has 1 unspecified atom stereocenters. The minimum atomic E-state index is 0.301. The van der Waals surface area contributed by atoms with E-state index in [-0.39, 0.29) is 0 Å². The molecule has 0 N–H and O–H groups in total. The summed E-state index contributed by atoms with van der Waals surface area (Å²) in [7, 11) is 3.85. The normalized spacial score (nSPS) is 12.6. The van der Waals surface area contributed by atoms with Crippen LogP contribution in [0.2, 0.25) is 0 Å². The topological polar surface area (TPSA) is 25.4 Å². The maximum atomic E-state index is 5.13. The highest BCUT2D eigenvalue weighted by Crippen LogP contribution is 2.18. The van der Waals surface area contributed by atoms with Crippen molar-refractivity contribution in [2.45, 2.75) is 26.1 Å². The lowest BCUT2D eigenvalue weighted by Crippen LogP contribution is -2.22. The van der Waals surface area contributed by atoms with E-state index in [1.165, 1.54) is 11.1 Å². The average molecular weight is 270 g/mol. The molecule has 3 heteroatoms. The van der Waals surface area contributed by atoms with Crippen LogP contribution in [0, 0.1) is 0 Å². The molecule has 2 rings (SSSR count). The molecule has 0 aliphatic carbocycles. The maximum Gasteiger partial charge on any atom is 0.0713 e. The van der Waals surface area contributed by atoms with Crippen molar-refractivity contribution in [1.82, 2.24) is 9.88 Å². The largest absolute Gasteiger partial charge is 0.380 e. The quantitative estimate of drug-likeness (QED) is 0.804. The molecule has 1 aromatic carbocycles. The van der Waals surface area contributed by atoms with Crippen LogP contribution in [0.1, 0.15) is 29.8 Å². The predicted molar refractivity (Wildman–Crippen MR) is 81.3 cm³/mol. The number of benzene rings is 1. The number of aromatic nitrogens is 1. The average Bonchev–Trinajstić information content (AvgIpc) is 2.49. The van der Waals surface area contributed by atoms with Gasteiger partial charge in [-0.05, 0) is 37.2 Å². The van der Waals surface area contributed by atoms with Gasteiger partial charge in [-0.15, -0.1) is 0 Å². The number of pyridine rings is 1. The molecule has 0 bridgehead atoms. The smallest absolute Gasteiger partial charge is 0.0713 e. The van der Waals surface area contributed by atoms with Gasteiger partial charge in [-0.1, -0.05) is 30.3 Å². The fraction of sp³-hybridized carbons (Fsp3) is 0.353. The molecule has 1 aromatic heterocycles. The molecule has 0 saturated heterocycles. The van der Waals surface area contributed by atoms with E-state index in [2.05, 4.69) is 54.2 Å². The zero-order chi connectivity index (χ0) is 14.4. The Kier molecular flexibility index (Phi) is 5.27. The van der Waals surface area contributed by atoms with E-state index in [0.717, 1.165) is 12.2 Å². The molecule has 0 spiro atoms. The molecular formula is C17H22N2O. The van der Waals surface area contributed by atoms with Crippen LogP contribution in [0.25, 0.3) is 0 Å². The van der Waals surface area contributed by atoms with E-state index >= 15 is 0 Å². The molecule has 0 amide bonds. The van der Waals surface area contributed by atoms with Crippen LogP contribution >= 0.6 is 0 Å². The lowest BCUT2D eigenvalue weighted by molar-refractivity contribution is 0.185. The van der Waals surface area contributed by atoms with Crippen molar-refractivity contribution in [2.75, 3.05) is 14.2 Å². The summed E-state index contributed by atoms with van der Waals surface area (Å²) < 4.78 is 5.13. The molecule has 20 heavy (non-hydrogen) atoms. The molecule has 0 radical (unpaired) electrons. The number of ether oxygens (including phenoxy) is 1. The first-order chi connectivity index (χ1) is 9.70. The van der Waals surface area contributed by atoms with Gasteiger partial charge in [0.2, 0.25) is 0 Å². The van der Waals surface area contributed by atoms with Gasteiger partial charge in [-0.3, -0.25) is 9.88 Å². The van der Waals surface area contributed by atoms with Crippen molar-refractivity contribution in [3.05, 3.63) is 65.5 Å². The summed E-state index contributed by atoms with van der Waals surface area (Å²) >= 11 is 0. The second kappa shape index (κ2) is 7.17.